The second-order valence-electron chi connectivity index (χ2n) is 4.12. The average Bonchev–Trinajstić information content (AvgIpc) is 2.35. The van der Waals surface area contributed by atoms with Gasteiger partial charge >= 0.3 is 0 Å². The molecule has 0 bridgehead atoms. The maximum absolute atomic E-state index is 13.6. The molecule has 4 nitrogen and oxygen atoms in total. The molecule has 3 N–H and O–H groups in total. The molecule has 1 heterocycles. The number of halogens is 1. The smallest absolute Gasteiger partial charge is 0.134 e. The van der Waals surface area contributed by atoms with E-state index in [9.17, 15) is 4.39 Å². The van der Waals surface area contributed by atoms with E-state index in [4.69, 9.17) is 5.73 Å². The highest BCUT2D eigenvalue weighted by Gasteiger charge is 2.12. The minimum absolute atomic E-state index is 0.195. The van der Waals surface area contributed by atoms with Crippen LogP contribution in [0.15, 0.2) is 30.6 Å². The van der Waals surface area contributed by atoms with Crippen molar-refractivity contribution < 1.29 is 4.39 Å². The summed E-state index contributed by atoms with van der Waals surface area (Å²) in [4.78, 5) is 8.00. The molecular formula is C13H15FN4. The van der Waals surface area contributed by atoms with E-state index in [1.165, 1.54) is 12.4 Å². The summed E-state index contributed by atoms with van der Waals surface area (Å²) in [6.07, 6.45) is 1.39. The Balaban J connectivity index is 2.24. The van der Waals surface area contributed by atoms with Crippen molar-refractivity contribution in [2.45, 2.75) is 19.9 Å². The van der Waals surface area contributed by atoms with E-state index in [0.29, 0.717) is 17.2 Å². The number of anilines is 2. The van der Waals surface area contributed by atoms with Crippen LogP contribution in [0.1, 0.15) is 24.1 Å². The van der Waals surface area contributed by atoms with E-state index in [-0.39, 0.29) is 11.9 Å². The Labute approximate surface area is 105 Å². The van der Waals surface area contributed by atoms with Crippen molar-refractivity contribution in [1.82, 2.24) is 9.97 Å². The lowest BCUT2D eigenvalue weighted by molar-refractivity contribution is 0.600. The number of hydrogen-bond donors (Lipinski definition) is 2. The lowest BCUT2D eigenvalue weighted by Crippen LogP contribution is -2.12. The Kier molecular flexibility index (Phi) is 3.41. The maximum atomic E-state index is 13.6. The van der Waals surface area contributed by atoms with Gasteiger partial charge in [-0.25, -0.2) is 14.4 Å². The topological polar surface area (TPSA) is 63.8 Å². The van der Waals surface area contributed by atoms with Crippen molar-refractivity contribution >= 4 is 11.6 Å². The van der Waals surface area contributed by atoms with Crippen LogP contribution in [0.2, 0.25) is 0 Å². The lowest BCUT2D eigenvalue weighted by Gasteiger charge is -2.17. The molecule has 1 aromatic heterocycles. The fourth-order valence-corrected chi connectivity index (χ4v) is 1.72. The fraction of sp³-hybridized carbons (Fsp3) is 0.231. The molecule has 94 valence electrons. The molecule has 0 spiro atoms. The van der Waals surface area contributed by atoms with Crippen molar-refractivity contribution in [3.63, 3.8) is 0 Å². The van der Waals surface area contributed by atoms with Crippen molar-refractivity contribution in [2.75, 3.05) is 11.1 Å². The third-order valence-corrected chi connectivity index (χ3v) is 2.85. The number of nitrogens with two attached hydrogens (primary N) is 1. The molecule has 0 radical (unpaired) electrons. The number of hydrogen-bond acceptors (Lipinski definition) is 4. The summed E-state index contributed by atoms with van der Waals surface area (Å²) in [7, 11) is 0. The lowest BCUT2D eigenvalue weighted by atomic mass is 10.1. The zero-order chi connectivity index (χ0) is 13.1. The molecule has 0 aliphatic heterocycles. The number of nitrogens with zero attached hydrogens (tertiary/aromatic N) is 2. The zero-order valence-corrected chi connectivity index (χ0v) is 10.3. The van der Waals surface area contributed by atoms with Crippen LogP contribution in [-0.2, 0) is 0 Å². The molecule has 0 amide bonds. The van der Waals surface area contributed by atoms with Gasteiger partial charge in [0.2, 0.25) is 0 Å². The van der Waals surface area contributed by atoms with Gasteiger partial charge in [0.15, 0.2) is 0 Å². The van der Waals surface area contributed by atoms with Gasteiger partial charge in [-0.2, -0.15) is 0 Å². The van der Waals surface area contributed by atoms with E-state index in [2.05, 4.69) is 15.3 Å². The molecule has 0 saturated carbocycles. The van der Waals surface area contributed by atoms with E-state index in [1.807, 2.05) is 13.8 Å². The quantitative estimate of drug-likeness (QED) is 0.874. The van der Waals surface area contributed by atoms with Gasteiger partial charge in [0.1, 0.15) is 23.8 Å². The first-order valence-corrected chi connectivity index (χ1v) is 5.67. The van der Waals surface area contributed by atoms with Crippen LogP contribution in [-0.4, -0.2) is 9.97 Å². The van der Waals surface area contributed by atoms with E-state index in [1.54, 1.807) is 18.2 Å². The summed E-state index contributed by atoms with van der Waals surface area (Å²) in [5.74, 6) is 0.809. The van der Waals surface area contributed by atoms with Crippen molar-refractivity contribution in [2.24, 2.45) is 0 Å². The third-order valence-electron chi connectivity index (χ3n) is 2.85. The minimum atomic E-state index is -0.239. The number of benzene rings is 1. The van der Waals surface area contributed by atoms with Crippen LogP contribution < -0.4 is 11.1 Å². The zero-order valence-electron chi connectivity index (χ0n) is 10.3. The molecule has 0 fully saturated rings. The van der Waals surface area contributed by atoms with Crippen LogP contribution >= 0.6 is 0 Å². The average molecular weight is 246 g/mol. The standard InChI is InChI=1S/C13H15FN4/c1-8-12(15)16-7-17-13(8)18-9(2)10-5-3-4-6-11(10)14/h3-7,9H,1-2H3,(H3,15,16,17,18). The first-order valence-electron chi connectivity index (χ1n) is 5.67. The molecule has 1 atom stereocenters. The first-order chi connectivity index (χ1) is 8.59. The summed E-state index contributed by atoms with van der Waals surface area (Å²) >= 11 is 0. The van der Waals surface area contributed by atoms with E-state index in [0.717, 1.165) is 5.56 Å². The summed E-state index contributed by atoms with van der Waals surface area (Å²) in [5.41, 5.74) is 7.06. The minimum Gasteiger partial charge on any atom is -0.383 e. The summed E-state index contributed by atoms with van der Waals surface area (Å²) in [5, 5.41) is 3.14. The molecule has 1 unspecified atom stereocenters. The molecular weight excluding hydrogens is 231 g/mol. The van der Waals surface area contributed by atoms with Gasteiger partial charge in [0, 0.05) is 11.1 Å². The Bertz CT molecular complexity index is 556. The molecule has 2 rings (SSSR count). The van der Waals surface area contributed by atoms with Crippen LogP contribution in [0.25, 0.3) is 0 Å². The van der Waals surface area contributed by atoms with E-state index < -0.39 is 0 Å². The largest absolute Gasteiger partial charge is 0.383 e. The van der Waals surface area contributed by atoms with Crippen LogP contribution in [0.5, 0.6) is 0 Å². The van der Waals surface area contributed by atoms with Crippen molar-refractivity contribution in [1.29, 1.82) is 0 Å². The fourth-order valence-electron chi connectivity index (χ4n) is 1.72. The summed E-state index contributed by atoms with van der Waals surface area (Å²) in [6, 6.07) is 6.46. The highest BCUT2D eigenvalue weighted by Crippen LogP contribution is 2.23. The maximum Gasteiger partial charge on any atom is 0.134 e. The Morgan fingerprint density at radius 1 is 1.28 bits per heavy atom. The first kappa shape index (κ1) is 12.3. The van der Waals surface area contributed by atoms with Crippen LogP contribution in [0.4, 0.5) is 16.0 Å². The molecule has 0 aliphatic rings. The van der Waals surface area contributed by atoms with Crippen LogP contribution in [0, 0.1) is 12.7 Å². The molecule has 18 heavy (non-hydrogen) atoms. The van der Waals surface area contributed by atoms with E-state index >= 15 is 0 Å². The summed E-state index contributed by atoms with van der Waals surface area (Å²) in [6.45, 7) is 3.70. The molecule has 2 aromatic rings. The highest BCUT2D eigenvalue weighted by atomic mass is 19.1. The Morgan fingerprint density at radius 2 is 2.00 bits per heavy atom. The SMILES string of the molecule is Cc1c(N)ncnc1NC(C)c1ccccc1F. The van der Waals surface area contributed by atoms with Gasteiger partial charge in [0.25, 0.3) is 0 Å². The molecule has 1 aromatic carbocycles. The van der Waals surface area contributed by atoms with Gasteiger partial charge in [-0.1, -0.05) is 18.2 Å². The monoisotopic (exact) mass is 246 g/mol. The number of rotatable bonds is 3. The predicted molar refractivity (Wildman–Crippen MR) is 69.6 cm³/mol. The number of aromatic nitrogens is 2. The Hall–Kier alpha value is -2.17. The predicted octanol–water partition coefficient (Wildman–Crippen LogP) is 2.68. The molecule has 0 saturated heterocycles. The second kappa shape index (κ2) is 5.00. The Morgan fingerprint density at radius 3 is 2.72 bits per heavy atom. The van der Waals surface area contributed by atoms with Gasteiger partial charge in [0.05, 0.1) is 6.04 Å². The second-order valence-corrected chi connectivity index (χ2v) is 4.12. The van der Waals surface area contributed by atoms with Crippen molar-refractivity contribution in [3.8, 4) is 0 Å². The third kappa shape index (κ3) is 2.40. The van der Waals surface area contributed by atoms with Gasteiger partial charge < -0.3 is 11.1 Å². The number of nitrogen functional groups attached to an aromatic ring is 1. The van der Waals surface area contributed by atoms with Gasteiger partial charge in [-0.3, -0.25) is 0 Å². The van der Waals surface area contributed by atoms with Crippen molar-refractivity contribution in [3.05, 3.63) is 47.5 Å². The normalized spacial score (nSPS) is 12.2. The highest BCUT2D eigenvalue weighted by molar-refractivity contribution is 5.54. The van der Waals surface area contributed by atoms with Gasteiger partial charge in [-0.05, 0) is 19.9 Å². The van der Waals surface area contributed by atoms with Crippen LogP contribution in [0.3, 0.4) is 0 Å². The molecule has 5 heteroatoms. The molecule has 0 aliphatic carbocycles. The summed E-state index contributed by atoms with van der Waals surface area (Å²) < 4.78 is 13.6. The van der Waals surface area contributed by atoms with Gasteiger partial charge in [-0.15, -0.1) is 0 Å². The number of nitrogens with one attached hydrogen (secondary N) is 1.